The van der Waals surface area contributed by atoms with Crippen molar-refractivity contribution in [2.45, 2.75) is 39.3 Å². The average Bonchev–Trinajstić information content (AvgIpc) is 3.13. The molecule has 0 saturated carbocycles. The number of aromatic nitrogens is 2. The molecule has 1 N–H and O–H groups in total. The molecular formula is C24H27F2N5O. The molecule has 1 aromatic carbocycles. The third-order valence-electron chi connectivity index (χ3n) is 6.07. The van der Waals surface area contributed by atoms with E-state index in [2.05, 4.69) is 20.2 Å². The summed E-state index contributed by atoms with van der Waals surface area (Å²) in [5.41, 5.74) is 3.10. The highest BCUT2D eigenvalue weighted by Gasteiger charge is 2.39. The number of piperidine rings is 1. The van der Waals surface area contributed by atoms with Crippen LogP contribution in [-0.2, 0) is 4.79 Å². The fourth-order valence-corrected chi connectivity index (χ4v) is 4.28. The van der Waals surface area contributed by atoms with Crippen molar-refractivity contribution >= 4 is 23.6 Å². The number of halogens is 2. The number of nitrogens with zero attached hydrogens (tertiary/aromatic N) is 4. The third kappa shape index (κ3) is 4.14. The Kier molecular flexibility index (Phi) is 5.81. The number of benzene rings is 1. The number of fused-ring (bicyclic) bond motifs is 1. The molecule has 1 aliphatic rings. The van der Waals surface area contributed by atoms with Crippen molar-refractivity contribution in [1.82, 2.24) is 19.6 Å². The standard InChI is InChI=1S/C24H27F2N5O/c1-15-9-18(19-11-20(25)22-28-17(3)12-31(22)13-19)10-16(2)21(15)29-23(27-14-32)24(26)5-7-30(4)8-6-24/h9-14H,5-8H2,1-4H3,(H,27,29,32). The van der Waals surface area contributed by atoms with Gasteiger partial charge < -0.3 is 14.6 Å². The van der Waals surface area contributed by atoms with Gasteiger partial charge in [-0.1, -0.05) is 0 Å². The molecule has 1 saturated heterocycles. The topological polar surface area (TPSA) is 62.0 Å². The maximum absolute atomic E-state index is 15.7. The van der Waals surface area contributed by atoms with Crippen LogP contribution in [0.3, 0.4) is 0 Å². The van der Waals surface area contributed by atoms with Crippen LogP contribution in [-0.4, -0.2) is 52.3 Å². The molecule has 3 aromatic rings. The van der Waals surface area contributed by atoms with Crippen molar-refractivity contribution in [3.05, 3.63) is 53.2 Å². The molecule has 0 atom stereocenters. The van der Waals surface area contributed by atoms with E-state index in [0.29, 0.717) is 30.8 Å². The summed E-state index contributed by atoms with van der Waals surface area (Å²) >= 11 is 0. The lowest BCUT2D eigenvalue weighted by molar-refractivity contribution is -0.108. The lowest BCUT2D eigenvalue weighted by atomic mass is 9.91. The molecule has 0 bridgehead atoms. The lowest BCUT2D eigenvalue weighted by Gasteiger charge is -2.34. The highest BCUT2D eigenvalue weighted by atomic mass is 19.1. The molecule has 4 rings (SSSR count). The first-order valence-electron chi connectivity index (χ1n) is 10.6. The minimum atomic E-state index is -1.68. The Morgan fingerprint density at radius 2 is 1.78 bits per heavy atom. The first-order chi connectivity index (χ1) is 15.2. The van der Waals surface area contributed by atoms with E-state index >= 15 is 4.39 Å². The summed E-state index contributed by atoms with van der Waals surface area (Å²) in [6.07, 6.45) is 4.62. The molecule has 168 valence electrons. The highest BCUT2D eigenvalue weighted by Crippen LogP contribution is 2.34. The zero-order chi connectivity index (χ0) is 23.0. The lowest BCUT2D eigenvalue weighted by Crippen LogP contribution is -2.50. The second-order valence-corrected chi connectivity index (χ2v) is 8.64. The van der Waals surface area contributed by atoms with Crippen molar-refractivity contribution in [2.75, 3.05) is 20.1 Å². The summed E-state index contributed by atoms with van der Waals surface area (Å²) in [5, 5.41) is 2.50. The summed E-state index contributed by atoms with van der Waals surface area (Å²) in [4.78, 5) is 22.0. The van der Waals surface area contributed by atoms with Gasteiger partial charge in [0.05, 0.1) is 11.4 Å². The summed E-state index contributed by atoms with van der Waals surface area (Å²) in [6, 6.07) is 5.26. The van der Waals surface area contributed by atoms with E-state index in [0.717, 1.165) is 22.4 Å². The number of nitrogens with one attached hydrogen (secondary N) is 1. The van der Waals surface area contributed by atoms with E-state index in [1.54, 1.807) is 10.6 Å². The van der Waals surface area contributed by atoms with Gasteiger partial charge in [0.2, 0.25) is 6.41 Å². The number of likely N-dealkylation sites (tertiary alicyclic amines) is 1. The predicted octanol–water partition coefficient (Wildman–Crippen LogP) is 4.28. The molecule has 0 radical (unpaired) electrons. The molecule has 0 aliphatic carbocycles. The molecular weight excluding hydrogens is 412 g/mol. The smallest absolute Gasteiger partial charge is 0.212 e. The fraction of sp³-hybridized carbons (Fsp3) is 0.375. The number of pyridine rings is 1. The van der Waals surface area contributed by atoms with Crippen LogP contribution in [0.15, 0.2) is 35.6 Å². The molecule has 6 nitrogen and oxygen atoms in total. The van der Waals surface area contributed by atoms with Crippen molar-refractivity contribution in [1.29, 1.82) is 0 Å². The van der Waals surface area contributed by atoms with Gasteiger partial charge in [0.1, 0.15) is 5.84 Å². The number of carbonyl (C=O) groups excluding carboxylic acids is 1. The van der Waals surface area contributed by atoms with Crippen molar-refractivity contribution in [3.63, 3.8) is 0 Å². The van der Waals surface area contributed by atoms with Gasteiger partial charge >= 0.3 is 0 Å². The number of amides is 1. The fourth-order valence-electron chi connectivity index (χ4n) is 4.28. The van der Waals surface area contributed by atoms with Crippen LogP contribution < -0.4 is 5.32 Å². The van der Waals surface area contributed by atoms with Crippen LogP contribution in [0.2, 0.25) is 0 Å². The minimum Gasteiger partial charge on any atom is -0.314 e. The molecule has 8 heteroatoms. The van der Waals surface area contributed by atoms with Crippen molar-refractivity contribution < 1.29 is 13.6 Å². The highest BCUT2D eigenvalue weighted by molar-refractivity contribution is 5.99. The molecule has 1 amide bonds. The van der Waals surface area contributed by atoms with Gasteiger partial charge in [0.25, 0.3) is 0 Å². The van der Waals surface area contributed by atoms with E-state index in [4.69, 9.17) is 0 Å². The normalized spacial score (nSPS) is 17.0. The Bertz CT molecular complexity index is 1190. The van der Waals surface area contributed by atoms with Crippen molar-refractivity contribution in [2.24, 2.45) is 4.99 Å². The van der Waals surface area contributed by atoms with Gasteiger partial charge in [-0.15, -0.1) is 0 Å². The van der Waals surface area contributed by atoms with E-state index < -0.39 is 11.5 Å². The molecule has 1 aliphatic heterocycles. The van der Waals surface area contributed by atoms with Gasteiger partial charge in [-0.05, 0) is 62.7 Å². The molecule has 0 spiro atoms. The van der Waals surface area contributed by atoms with Crippen molar-refractivity contribution in [3.8, 4) is 11.1 Å². The quantitative estimate of drug-likeness (QED) is 0.375. The van der Waals surface area contributed by atoms with Gasteiger partial charge in [-0.25, -0.2) is 18.8 Å². The number of amidine groups is 1. The molecule has 1 fully saturated rings. The zero-order valence-corrected chi connectivity index (χ0v) is 18.7. The predicted molar refractivity (Wildman–Crippen MR) is 122 cm³/mol. The first-order valence-corrected chi connectivity index (χ1v) is 10.6. The van der Waals surface area contributed by atoms with Crippen LogP contribution in [0, 0.1) is 26.6 Å². The third-order valence-corrected chi connectivity index (χ3v) is 6.07. The number of hydrogen-bond acceptors (Lipinski definition) is 4. The number of carbonyl (C=O) groups is 1. The molecule has 2 aromatic heterocycles. The summed E-state index contributed by atoms with van der Waals surface area (Å²) in [7, 11) is 1.95. The number of alkyl halides is 1. The van der Waals surface area contributed by atoms with Crippen LogP contribution in [0.4, 0.5) is 14.5 Å². The summed E-state index contributed by atoms with van der Waals surface area (Å²) in [6.45, 7) is 6.76. The van der Waals surface area contributed by atoms with Gasteiger partial charge in [-0.2, -0.15) is 0 Å². The van der Waals surface area contributed by atoms with E-state index in [-0.39, 0.29) is 24.3 Å². The first kappa shape index (κ1) is 22.1. The average molecular weight is 440 g/mol. The minimum absolute atomic E-state index is 0.0425. The second kappa shape index (κ2) is 8.43. The van der Waals surface area contributed by atoms with E-state index in [1.807, 2.05) is 46.1 Å². The number of aryl methyl sites for hydroxylation is 3. The Hall–Kier alpha value is -3.13. The molecule has 0 unspecified atom stereocenters. The number of imidazole rings is 1. The zero-order valence-electron chi connectivity index (χ0n) is 18.7. The summed E-state index contributed by atoms with van der Waals surface area (Å²) < 4.78 is 31.9. The Morgan fingerprint density at radius 1 is 1.12 bits per heavy atom. The van der Waals surface area contributed by atoms with Gasteiger partial charge in [-0.3, -0.25) is 4.79 Å². The monoisotopic (exact) mass is 439 g/mol. The number of aliphatic imine (C=N–C) groups is 1. The number of rotatable bonds is 4. The Balaban J connectivity index is 1.74. The second-order valence-electron chi connectivity index (χ2n) is 8.64. The Labute approximate surface area is 186 Å². The molecule has 3 heterocycles. The largest absolute Gasteiger partial charge is 0.314 e. The maximum Gasteiger partial charge on any atom is 0.212 e. The van der Waals surface area contributed by atoms with E-state index in [9.17, 15) is 9.18 Å². The van der Waals surface area contributed by atoms with Gasteiger partial charge in [0, 0.05) is 43.9 Å². The summed E-state index contributed by atoms with van der Waals surface area (Å²) in [5.74, 6) is -0.354. The SMILES string of the molecule is Cc1cn2cc(-c3cc(C)c(N=C(NC=O)C4(F)CCN(C)CC4)c(C)c3)cc(F)c2n1. The van der Waals surface area contributed by atoms with Crippen LogP contribution in [0.1, 0.15) is 29.7 Å². The van der Waals surface area contributed by atoms with E-state index in [1.165, 1.54) is 6.07 Å². The Morgan fingerprint density at radius 3 is 2.41 bits per heavy atom. The maximum atomic E-state index is 15.7. The number of hydrogen-bond donors (Lipinski definition) is 1. The van der Waals surface area contributed by atoms with Crippen LogP contribution >= 0.6 is 0 Å². The molecule has 32 heavy (non-hydrogen) atoms. The van der Waals surface area contributed by atoms with Gasteiger partial charge in [0.15, 0.2) is 17.1 Å². The van der Waals surface area contributed by atoms with Crippen LogP contribution in [0.5, 0.6) is 0 Å². The van der Waals surface area contributed by atoms with Crippen LogP contribution in [0.25, 0.3) is 16.8 Å².